The van der Waals surface area contributed by atoms with Gasteiger partial charge < -0.3 is 16.0 Å². The fraction of sp³-hybridized carbons (Fsp3) is 0.800. The summed E-state index contributed by atoms with van der Waals surface area (Å²) in [6.45, 7) is 6.16. The molecular weight excluding hydrogens is 192 g/mol. The standard InChI is InChI=1S/C10H20N4O/c1-3-5-13-10(11)14-7-6-12-9(15)8(14)4-2/h8H,3-7H2,1-2H3,(H2,11,13)(H,12,15). The third-order valence-corrected chi connectivity index (χ3v) is 2.51. The van der Waals surface area contributed by atoms with Gasteiger partial charge in [-0.1, -0.05) is 13.8 Å². The van der Waals surface area contributed by atoms with Gasteiger partial charge in [-0.3, -0.25) is 9.79 Å². The van der Waals surface area contributed by atoms with Gasteiger partial charge >= 0.3 is 0 Å². The number of carbonyl (C=O) groups excluding carboxylic acids is 1. The average molecular weight is 212 g/mol. The topological polar surface area (TPSA) is 70.7 Å². The van der Waals surface area contributed by atoms with E-state index in [1.807, 2.05) is 11.8 Å². The molecule has 1 aliphatic rings. The van der Waals surface area contributed by atoms with Crippen LogP contribution >= 0.6 is 0 Å². The second-order valence-corrected chi connectivity index (χ2v) is 3.65. The van der Waals surface area contributed by atoms with Crippen molar-refractivity contribution in [2.75, 3.05) is 19.6 Å². The molecule has 86 valence electrons. The molecule has 5 heteroatoms. The molecule has 3 N–H and O–H groups in total. The normalized spacial score (nSPS) is 22.8. The number of aliphatic imine (C=N–C) groups is 1. The molecule has 0 aromatic heterocycles. The Hall–Kier alpha value is -1.26. The number of amides is 1. The minimum Gasteiger partial charge on any atom is -0.370 e. The van der Waals surface area contributed by atoms with E-state index >= 15 is 0 Å². The molecular formula is C10H20N4O. The second-order valence-electron chi connectivity index (χ2n) is 3.65. The Morgan fingerprint density at radius 2 is 2.40 bits per heavy atom. The lowest BCUT2D eigenvalue weighted by Crippen LogP contribution is -2.58. The molecule has 1 atom stereocenters. The lowest BCUT2D eigenvalue weighted by atomic mass is 10.1. The van der Waals surface area contributed by atoms with Crippen molar-refractivity contribution in [2.24, 2.45) is 10.7 Å². The summed E-state index contributed by atoms with van der Waals surface area (Å²) in [6.07, 6.45) is 1.73. The fourth-order valence-electron chi connectivity index (χ4n) is 1.71. The largest absolute Gasteiger partial charge is 0.370 e. The number of nitrogens with one attached hydrogen (secondary N) is 1. The Morgan fingerprint density at radius 1 is 1.67 bits per heavy atom. The minimum absolute atomic E-state index is 0.0541. The highest BCUT2D eigenvalue weighted by Crippen LogP contribution is 2.07. The maximum atomic E-state index is 11.6. The van der Waals surface area contributed by atoms with Gasteiger partial charge in [0.05, 0.1) is 0 Å². The molecule has 1 heterocycles. The monoisotopic (exact) mass is 212 g/mol. The summed E-state index contributed by atoms with van der Waals surface area (Å²) in [5, 5.41) is 2.83. The molecule has 0 saturated carbocycles. The van der Waals surface area contributed by atoms with Crippen molar-refractivity contribution in [3.8, 4) is 0 Å². The first kappa shape index (κ1) is 11.8. The van der Waals surface area contributed by atoms with E-state index in [1.54, 1.807) is 0 Å². The van der Waals surface area contributed by atoms with E-state index < -0.39 is 0 Å². The van der Waals surface area contributed by atoms with Gasteiger partial charge in [-0.15, -0.1) is 0 Å². The van der Waals surface area contributed by atoms with Gasteiger partial charge in [0.15, 0.2) is 5.96 Å². The Morgan fingerprint density at radius 3 is 3.00 bits per heavy atom. The zero-order chi connectivity index (χ0) is 11.3. The minimum atomic E-state index is -0.153. The molecule has 0 aliphatic carbocycles. The number of hydrogen-bond donors (Lipinski definition) is 2. The van der Waals surface area contributed by atoms with Crippen molar-refractivity contribution in [3.63, 3.8) is 0 Å². The van der Waals surface area contributed by atoms with Crippen molar-refractivity contribution in [2.45, 2.75) is 32.7 Å². The molecule has 1 rings (SSSR count). The molecule has 1 saturated heterocycles. The van der Waals surface area contributed by atoms with E-state index in [-0.39, 0.29) is 11.9 Å². The molecule has 1 fully saturated rings. The Bertz CT molecular complexity index is 252. The van der Waals surface area contributed by atoms with Crippen LogP contribution < -0.4 is 11.1 Å². The molecule has 5 nitrogen and oxygen atoms in total. The average Bonchev–Trinajstić information content (AvgIpc) is 2.25. The third-order valence-electron chi connectivity index (χ3n) is 2.51. The highest BCUT2D eigenvalue weighted by atomic mass is 16.2. The first-order valence-electron chi connectivity index (χ1n) is 5.55. The lowest BCUT2D eigenvalue weighted by Gasteiger charge is -2.35. The molecule has 1 amide bonds. The van der Waals surface area contributed by atoms with Gasteiger partial charge in [-0.05, 0) is 12.8 Å². The highest BCUT2D eigenvalue weighted by molar-refractivity contribution is 5.89. The molecule has 0 aromatic carbocycles. The van der Waals surface area contributed by atoms with E-state index in [2.05, 4.69) is 17.2 Å². The Balaban J connectivity index is 2.68. The molecule has 0 radical (unpaired) electrons. The van der Waals surface area contributed by atoms with Gasteiger partial charge in [0, 0.05) is 19.6 Å². The van der Waals surface area contributed by atoms with E-state index in [0.29, 0.717) is 12.5 Å². The van der Waals surface area contributed by atoms with Crippen LogP contribution in [0, 0.1) is 0 Å². The molecule has 0 spiro atoms. The number of guanidine groups is 1. The lowest BCUT2D eigenvalue weighted by molar-refractivity contribution is -0.127. The Kier molecular flexibility index (Phi) is 4.39. The van der Waals surface area contributed by atoms with Gasteiger partial charge in [0.25, 0.3) is 0 Å². The quantitative estimate of drug-likeness (QED) is 0.508. The van der Waals surface area contributed by atoms with Gasteiger partial charge in [-0.25, -0.2) is 0 Å². The molecule has 0 aromatic rings. The molecule has 1 unspecified atom stereocenters. The predicted octanol–water partition coefficient (Wildman–Crippen LogP) is -0.0785. The van der Waals surface area contributed by atoms with Crippen LogP contribution in [-0.4, -0.2) is 42.4 Å². The number of rotatable bonds is 3. The number of nitrogens with zero attached hydrogens (tertiary/aromatic N) is 2. The smallest absolute Gasteiger partial charge is 0.242 e. The van der Waals surface area contributed by atoms with Crippen LogP contribution in [0.2, 0.25) is 0 Å². The van der Waals surface area contributed by atoms with Crippen molar-refractivity contribution in [3.05, 3.63) is 0 Å². The van der Waals surface area contributed by atoms with Gasteiger partial charge in [-0.2, -0.15) is 0 Å². The van der Waals surface area contributed by atoms with Crippen LogP contribution in [-0.2, 0) is 4.79 Å². The summed E-state index contributed by atoms with van der Waals surface area (Å²) < 4.78 is 0. The van der Waals surface area contributed by atoms with Crippen LogP contribution in [0.5, 0.6) is 0 Å². The van der Waals surface area contributed by atoms with Crippen LogP contribution in [0.3, 0.4) is 0 Å². The van der Waals surface area contributed by atoms with Crippen LogP contribution in [0.4, 0.5) is 0 Å². The number of carbonyl (C=O) groups is 1. The summed E-state index contributed by atoms with van der Waals surface area (Å²) in [6, 6.07) is -0.153. The predicted molar refractivity (Wildman–Crippen MR) is 60.6 cm³/mol. The van der Waals surface area contributed by atoms with E-state index in [9.17, 15) is 4.79 Å². The fourth-order valence-corrected chi connectivity index (χ4v) is 1.71. The zero-order valence-electron chi connectivity index (χ0n) is 9.49. The maximum absolute atomic E-state index is 11.6. The third kappa shape index (κ3) is 2.84. The van der Waals surface area contributed by atoms with Crippen molar-refractivity contribution in [1.82, 2.24) is 10.2 Å². The summed E-state index contributed by atoms with van der Waals surface area (Å²) in [5.74, 6) is 0.553. The summed E-state index contributed by atoms with van der Waals surface area (Å²) >= 11 is 0. The first-order chi connectivity index (χ1) is 7.20. The number of piperazine rings is 1. The zero-order valence-corrected chi connectivity index (χ0v) is 9.49. The Labute approximate surface area is 90.7 Å². The van der Waals surface area contributed by atoms with Crippen molar-refractivity contribution < 1.29 is 4.79 Å². The number of hydrogen-bond acceptors (Lipinski definition) is 2. The highest BCUT2D eigenvalue weighted by Gasteiger charge is 2.28. The van der Waals surface area contributed by atoms with Crippen LogP contribution in [0.1, 0.15) is 26.7 Å². The van der Waals surface area contributed by atoms with E-state index in [0.717, 1.165) is 25.9 Å². The van der Waals surface area contributed by atoms with Crippen LogP contribution in [0.25, 0.3) is 0 Å². The molecule has 15 heavy (non-hydrogen) atoms. The summed E-state index contributed by atoms with van der Waals surface area (Å²) in [7, 11) is 0. The van der Waals surface area contributed by atoms with E-state index in [1.165, 1.54) is 0 Å². The maximum Gasteiger partial charge on any atom is 0.242 e. The number of nitrogens with two attached hydrogens (primary N) is 1. The second kappa shape index (κ2) is 5.58. The summed E-state index contributed by atoms with van der Waals surface area (Å²) in [5.41, 5.74) is 5.86. The molecule has 0 bridgehead atoms. The van der Waals surface area contributed by atoms with Crippen LogP contribution in [0.15, 0.2) is 4.99 Å². The first-order valence-corrected chi connectivity index (χ1v) is 5.55. The van der Waals surface area contributed by atoms with Gasteiger partial charge in [0.2, 0.25) is 5.91 Å². The van der Waals surface area contributed by atoms with E-state index in [4.69, 9.17) is 5.73 Å². The molecule has 1 aliphatic heterocycles. The van der Waals surface area contributed by atoms with Crippen molar-refractivity contribution in [1.29, 1.82) is 0 Å². The SMILES string of the molecule is CCCN=C(N)N1CCNC(=O)C1CC. The van der Waals surface area contributed by atoms with Crippen molar-refractivity contribution >= 4 is 11.9 Å². The van der Waals surface area contributed by atoms with Gasteiger partial charge in [0.1, 0.15) is 6.04 Å². The summed E-state index contributed by atoms with van der Waals surface area (Å²) in [4.78, 5) is 17.7.